The third kappa shape index (κ3) is 4.15. The lowest BCUT2D eigenvalue weighted by Gasteiger charge is -2.20. The lowest BCUT2D eigenvalue weighted by Crippen LogP contribution is -2.36. The maximum Gasteiger partial charge on any atom is 0.146 e. The zero-order valence-corrected chi connectivity index (χ0v) is 14.9. The minimum absolute atomic E-state index is 0.00780. The first-order valence-corrected chi connectivity index (χ1v) is 8.68. The smallest absolute Gasteiger partial charge is 0.146 e. The van der Waals surface area contributed by atoms with Crippen LogP contribution in [0.15, 0.2) is 54.9 Å². The van der Waals surface area contributed by atoms with Gasteiger partial charge in [-0.2, -0.15) is 5.10 Å². The van der Waals surface area contributed by atoms with Crippen LogP contribution in [0.3, 0.4) is 0 Å². The van der Waals surface area contributed by atoms with Crippen molar-refractivity contribution in [1.29, 1.82) is 0 Å². The van der Waals surface area contributed by atoms with Crippen molar-refractivity contribution in [1.82, 2.24) is 20.1 Å². The average molecular weight is 354 g/mol. The fourth-order valence-electron chi connectivity index (χ4n) is 2.71. The summed E-state index contributed by atoms with van der Waals surface area (Å²) in [6, 6.07) is 12.7. The predicted octanol–water partition coefficient (Wildman–Crippen LogP) is 3.18. The molecule has 0 aliphatic rings. The third-order valence-corrected chi connectivity index (χ3v) is 4.38. The van der Waals surface area contributed by atoms with E-state index in [1.165, 1.54) is 6.07 Å². The van der Waals surface area contributed by atoms with Crippen molar-refractivity contribution in [2.75, 3.05) is 6.61 Å². The Balaban J connectivity index is 1.78. The summed E-state index contributed by atoms with van der Waals surface area (Å²) in [4.78, 5) is 4.46. The molecule has 1 atom stereocenters. The topological polar surface area (TPSA) is 63.0 Å². The zero-order chi connectivity index (χ0) is 18.5. The van der Waals surface area contributed by atoms with E-state index in [4.69, 9.17) is 0 Å². The van der Waals surface area contributed by atoms with E-state index in [0.29, 0.717) is 11.4 Å². The zero-order valence-electron chi connectivity index (χ0n) is 14.9. The molecule has 2 N–H and O–H groups in total. The van der Waals surface area contributed by atoms with E-state index in [-0.39, 0.29) is 30.9 Å². The maximum absolute atomic E-state index is 14.1. The lowest BCUT2D eigenvalue weighted by atomic mass is 10.1. The number of halogens is 1. The lowest BCUT2D eigenvalue weighted by molar-refractivity contribution is 0.209. The van der Waals surface area contributed by atoms with Gasteiger partial charge in [-0.15, -0.1) is 0 Å². The second-order valence-electron chi connectivity index (χ2n) is 6.54. The van der Waals surface area contributed by atoms with E-state index in [9.17, 15) is 9.50 Å². The summed E-state index contributed by atoms with van der Waals surface area (Å²) in [7, 11) is 0. The van der Waals surface area contributed by atoms with Crippen LogP contribution in [-0.4, -0.2) is 32.5 Å². The van der Waals surface area contributed by atoms with Crippen molar-refractivity contribution in [3.63, 3.8) is 0 Å². The highest BCUT2D eigenvalue weighted by Gasteiger charge is 2.14. The van der Waals surface area contributed by atoms with Crippen molar-refractivity contribution in [2.45, 2.75) is 26.4 Å². The van der Waals surface area contributed by atoms with E-state index in [1.54, 1.807) is 16.9 Å². The maximum atomic E-state index is 14.1. The summed E-state index contributed by atoms with van der Waals surface area (Å²) >= 11 is 0. The number of pyridine rings is 1. The molecule has 3 aromatic rings. The Hall–Kier alpha value is -2.57. The summed E-state index contributed by atoms with van der Waals surface area (Å²) < 4.78 is 15.9. The van der Waals surface area contributed by atoms with Gasteiger partial charge in [0.05, 0.1) is 23.7 Å². The predicted molar refractivity (Wildman–Crippen MR) is 99.3 cm³/mol. The average Bonchev–Trinajstić information content (AvgIpc) is 3.18. The Bertz CT molecular complexity index is 832. The van der Waals surface area contributed by atoms with Gasteiger partial charge in [0.1, 0.15) is 5.82 Å². The normalized spacial score (nSPS) is 12.5. The molecule has 0 aliphatic heterocycles. The van der Waals surface area contributed by atoms with Gasteiger partial charge in [-0.05, 0) is 36.2 Å². The second-order valence-corrected chi connectivity index (χ2v) is 6.54. The number of nitrogens with zero attached hydrogens (tertiary/aromatic N) is 3. The Morgan fingerprint density at radius 1 is 1.15 bits per heavy atom. The number of aliphatic hydroxyl groups excluding tert-OH is 1. The van der Waals surface area contributed by atoms with Crippen LogP contribution >= 0.6 is 0 Å². The van der Waals surface area contributed by atoms with Crippen molar-refractivity contribution >= 4 is 0 Å². The number of hydrogen-bond donors (Lipinski definition) is 2. The van der Waals surface area contributed by atoms with E-state index < -0.39 is 0 Å². The van der Waals surface area contributed by atoms with Gasteiger partial charge in [0.25, 0.3) is 0 Å². The molecule has 0 amide bonds. The molecule has 0 unspecified atom stereocenters. The number of nitrogens with one attached hydrogen (secondary N) is 1. The summed E-state index contributed by atoms with van der Waals surface area (Å²) in [5, 5.41) is 16.8. The molecule has 0 saturated carbocycles. The second kappa shape index (κ2) is 8.21. The van der Waals surface area contributed by atoms with Crippen LogP contribution in [0.5, 0.6) is 0 Å². The standard InChI is InChI=1S/C20H23FN4O/c1-14(2)20(13-26)22-12-19-17(21)8-9-18(24-19)15-4-6-16(7-5-15)25-11-3-10-23-25/h3-11,14,20,22,26H,12-13H2,1-2H3/t20-/m0/s1. The van der Waals surface area contributed by atoms with E-state index in [2.05, 4.69) is 15.4 Å². The Morgan fingerprint density at radius 2 is 1.92 bits per heavy atom. The monoisotopic (exact) mass is 354 g/mol. The molecule has 26 heavy (non-hydrogen) atoms. The van der Waals surface area contributed by atoms with Crippen LogP contribution in [0, 0.1) is 11.7 Å². The number of benzene rings is 1. The summed E-state index contributed by atoms with van der Waals surface area (Å²) in [6.45, 7) is 4.30. The quantitative estimate of drug-likeness (QED) is 0.684. The molecule has 0 bridgehead atoms. The molecule has 2 heterocycles. The van der Waals surface area contributed by atoms with Crippen LogP contribution < -0.4 is 5.32 Å². The molecular formula is C20H23FN4O. The summed E-state index contributed by atoms with van der Waals surface area (Å²) in [6.07, 6.45) is 3.60. The molecule has 6 heteroatoms. The highest BCUT2D eigenvalue weighted by molar-refractivity contribution is 5.61. The fourth-order valence-corrected chi connectivity index (χ4v) is 2.71. The number of aliphatic hydroxyl groups is 1. The van der Waals surface area contributed by atoms with Crippen molar-refractivity contribution in [3.8, 4) is 16.9 Å². The molecule has 0 spiro atoms. The van der Waals surface area contributed by atoms with Crippen LogP contribution in [0.25, 0.3) is 16.9 Å². The minimum atomic E-state index is -0.352. The fraction of sp³-hybridized carbons (Fsp3) is 0.300. The van der Waals surface area contributed by atoms with Gasteiger partial charge in [-0.1, -0.05) is 26.0 Å². The summed E-state index contributed by atoms with van der Waals surface area (Å²) in [5.41, 5.74) is 2.91. The van der Waals surface area contributed by atoms with E-state index in [1.807, 2.05) is 50.4 Å². The van der Waals surface area contributed by atoms with Crippen LogP contribution in [0.2, 0.25) is 0 Å². The molecule has 0 radical (unpaired) electrons. The van der Waals surface area contributed by atoms with E-state index in [0.717, 1.165) is 11.3 Å². The van der Waals surface area contributed by atoms with Gasteiger partial charge in [0, 0.05) is 30.5 Å². The van der Waals surface area contributed by atoms with Crippen molar-refractivity contribution in [3.05, 3.63) is 66.4 Å². The summed E-state index contributed by atoms with van der Waals surface area (Å²) in [5.74, 6) is -0.101. The largest absolute Gasteiger partial charge is 0.395 e. The molecule has 0 aliphatic carbocycles. The first-order chi connectivity index (χ1) is 12.6. The Kier molecular flexibility index (Phi) is 5.75. The molecule has 0 fully saturated rings. The Labute approximate surface area is 152 Å². The van der Waals surface area contributed by atoms with Crippen molar-refractivity contribution in [2.24, 2.45) is 5.92 Å². The van der Waals surface area contributed by atoms with Crippen LogP contribution in [-0.2, 0) is 6.54 Å². The third-order valence-electron chi connectivity index (χ3n) is 4.38. The molecule has 0 saturated heterocycles. The highest BCUT2D eigenvalue weighted by atomic mass is 19.1. The molecule has 3 rings (SSSR count). The van der Waals surface area contributed by atoms with Crippen LogP contribution in [0.4, 0.5) is 4.39 Å². The van der Waals surface area contributed by atoms with Gasteiger partial charge in [0.2, 0.25) is 0 Å². The first-order valence-electron chi connectivity index (χ1n) is 8.68. The Morgan fingerprint density at radius 3 is 2.54 bits per heavy atom. The van der Waals surface area contributed by atoms with Gasteiger partial charge in [0.15, 0.2) is 0 Å². The SMILES string of the molecule is CC(C)[C@H](CO)NCc1nc(-c2ccc(-n3cccn3)cc2)ccc1F. The van der Waals surface area contributed by atoms with Gasteiger partial charge >= 0.3 is 0 Å². The van der Waals surface area contributed by atoms with Crippen LogP contribution in [0.1, 0.15) is 19.5 Å². The molecular weight excluding hydrogens is 331 g/mol. The van der Waals surface area contributed by atoms with Crippen molar-refractivity contribution < 1.29 is 9.50 Å². The molecule has 1 aromatic carbocycles. The molecule has 136 valence electrons. The molecule has 2 aromatic heterocycles. The van der Waals surface area contributed by atoms with Gasteiger partial charge in [-0.3, -0.25) is 0 Å². The molecule has 5 nitrogen and oxygen atoms in total. The van der Waals surface area contributed by atoms with Gasteiger partial charge in [-0.25, -0.2) is 14.1 Å². The van der Waals surface area contributed by atoms with E-state index >= 15 is 0 Å². The van der Waals surface area contributed by atoms with Gasteiger partial charge < -0.3 is 10.4 Å². The highest BCUT2D eigenvalue weighted by Crippen LogP contribution is 2.20. The number of aromatic nitrogens is 3. The first kappa shape index (κ1) is 18.2. The number of hydrogen-bond acceptors (Lipinski definition) is 4. The number of rotatable bonds is 7. The minimum Gasteiger partial charge on any atom is -0.395 e.